The van der Waals surface area contributed by atoms with Gasteiger partial charge in [0, 0.05) is 25.3 Å². The van der Waals surface area contributed by atoms with Gasteiger partial charge >= 0.3 is 0 Å². The summed E-state index contributed by atoms with van der Waals surface area (Å²) in [4.78, 5) is 2.59. The first-order valence-electron chi connectivity index (χ1n) is 8.37. The molecule has 0 amide bonds. The summed E-state index contributed by atoms with van der Waals surface area (Å²) in [7, 11) is 0. The Bertz CT molecular complexity index is 462. The molecular weight excluding hydrogens is 290 g/mol. The summed E-state index contributed by atoms with van der Waals surface area (Å²) in [6.45, 7) is 11.4. The number of hydrogen-bond acceptors (Lipinski definition) is 2. The Morgan fingerprint density at radius 2 is 1.82 bits per heavy atom. The smallest absolute Gasteiger partial charge is 0.170 e. The van der Waals surface area contributed by atoms with Crippen LogP contribution in [0.4, 0.5) is 5.69 Å². The molecule has 3 nitrogen and oxygen atoms in total. The molecule has 1 aromatic rings. The monoisotopic (exact) mass is 319 g/mol. The first-order valence-corrected chi connectivity index (χ1v) is 8.77. The van der Waals surface area contributed by atoms with E-state index in [0.717, 1.165) is 37.0 Å². The van der Waals surface area contributed by atoms with Gasteiger partial charge in [-0.1, -0.05) is 31.5 Å². The lowest BCUT2D eigenvalue weighted by Crippen LogP contribution is -2.40. The van der Waals surface area contributed by atoms with Crippen LogP contribution in [-0.2, 0) is 0 Å². The van der Waals surface area contributed by atoms with Crippen LogP contribution in [-0.4, -0.2) is 36.2 Å². The molecule has 0 spiro atoms. The van der Waals surface area contributed by atoms with Crippen molar-refractivity contribution >= 4 is 23.0 Å². The minimum atomic E-state index is 0.712. The molecule has 0 unspecified atom stereocenters. The Hall–Kier alpha value is -1.13. The third-order valence-corrected chi connectivity index (χ3v) is 4.44. The molecule has 1 saturated heterocycles. The Morgan fingerprint density at radius 1 is 1.18 bits per heavy atom. The number of likely N-dealkylation sites (tertiary alicyclic amines) is 1. The van der Waals surface area contributed by atoms with E-state index in [1.165, 1.54) is 25.1 Å². The van der Waals surface area contributed by atoms with Gasteiger partial charge in [-0.2, -0.15) is 0 Å². The van der Waals surface area contributed by atoms with E-state index in [1.807, 2.05) is 0 Å². The maximum absolute atomic E-state index is 5.34. The van der Waals surface area contributed by atoms with Gasteiger partial charge in [0.2, 0.25) is 0 Å². The van der Waals surface area contributed by atoms with Gasteiger partial charge in [0.15, 0.2) is 5.11 Å². The van der Waals surface area contributed by atoms with Crippen LogP contribution in [0, 0.1) is 18.8 Å². The van der Waals surface area contributed by atoms with Crippen LogP contribution in [0.2, 0.25) is 0 Å². The summed E-state index contributed by atoms with van der Waals surface area (Å²) in [6.07, 6.45) is 2.51. The predicted octanol–water partition coefficient (Wildman–Crippen LogP) is 3.65. The Balaban J connectivity index is 1.62. The highest BCUT2D eigenvalue weighted by Crippen LogP contribution is 2.20. The molecule has 0 aliphatic carbocycles. The molecular formula is C18H29N3S. The van der Waals surface area contributed by atoms with E-state index < -0.39 is 0 Å². The Kier molecular flexibility index (Phi) is 6.65. The number of anilines is 1. The van der Waals surface area contributed by atoms with Crippen LogP contribution in [0.5, 0.6) is 0 Å². The van der Waals surface area contributed by atoms with Crippen LogP contribution in [0.1, 0.15) is 32.3 Å². The lowest BCUT2D eigenvalue weighted by molar-refractivity contribution is 0.140. The zero-order chi connectivity index (χ0) is 15.9. The molecule has 0 saturated carbocycles. The van der Waals surface area contributed by atoms with E-state index in [4.69, 9.17) is 12.2 Å². The lowest BCUT2D eigenvalue weighted by atomic mass is 9.92. The molecule has 2 rings (SSSR count). The van der Waals surface area contributed by atoms with Crippen molar-refractivity contribution in [1.29, 1.82) is 0 Å². The van der Waals surface area contributed by atoms with Gasteiger partial charge in [-0.05, 0) is 62.5 Å². The van der Waals surface area contributed by atoms with Crippen LogP contribution in [0.15, 0.2) is 24.3 Å². The van der Waals surface area contributed by atoms with Crippen molar-refractivity contribution in [3.05, 3.63) is 29.8 Å². The molecule has 1 fully saturated rings. The molecule has 0 bridgehead atoms. The Morgan fingerprint density at radius 3 is 2.45 bits per heavy atom. The highest BCUT2D eigenvalue weighted by atomic mass is 32.1. The second-order valence-corrected chi connectivity index (χ2v) is 7.21. The number of aryl methyl sites for hydroxylation is 1. The molecule has 1 heterocycles. The number of thiocarbonyl (C=S) groups is 1. The molecule has 1 aliphatic rings. The molecule has 0 radical (unpaired) electrons. The second-order valence-electron chi connectivity index (χ2n) is 6.81. The SMILES string of the molecule is Cc1ccc(NC(=S)NCCCN2C[C@H](C)C[C@H](C)C2)cc1. The van der Waals surface area contributed by atoms with E-state index in [0.29, 0.717) is 5.11 Å². The van der Waals surface area contributed by atoms with Crippen molar-refractivity contribution in [2.24, 2.45) is 11.8 Å². The summed E-state index contributed by atoms with van der Waals surface area (Å²) < 4.78 is 0. The number of piperidine rings is 1. The summed E-state index contributed by atoms with van der Waals surface area (Å²) in [5.74, 6) is 1.67. The maximum atomic E-state index is 5.34. The first kappa shape index (κ1) is 17.2. The van der Waals surface area contributed by atoms with Gasteiger partial charge in [0.1, 0.15) is 0 Å². The highest BCUT2D eigenvalue weighted by molar-refractivity contribution is 7.80. The third-order valence-electron chi connectivity index (χ3n) is 4.19. The van der Waals surface area contributed by atoms with Crippen LogP contribution < -0.4 is 10.6 Å². The normalized spacial score (nSPS) is 22.3. The molecule has 4 heteroatoms. The average Bonchev–Trinajstić information content (AvgIpc) is 2.45. The van der Waals surface area contributed by atoms with Crippen molar-refractivity contribution in [2.75, 3.05) is 31.5 Å². The van der Waals surface area contributed by atoms with E-state index in [2.05, 4.69) is 60.6 Å². The van der Waals surface area contributed by atoms with E-state index in [1.54, 1.807) is 0 Å². The molecule has 1 aliphatic heterocycles. The zero-order valence-electron chi connectivity index (χ0n) is 14.1. The minimum absolute atomic E-state index is 0.712. The van der Waals surface area contributed by atoms with Crippen LogP contribution in [0.3, 0.4) is 0 Å². The average molecular weight is 320 g/mol. The molecule has 2 atom stereocenters. The minimum Gasteiger partial charge on any atom is -0.362 e. The molecule has 1 aromatic carbocycles. The number of benzene rings is 1. The van der Waals surface area contributed by atoms with Gasteiger partial charge in [0.05, 0.1) is 0 Å². The van der Waals surface area contributed by atoms with Crippen molar-refractivity contribution < 1.29 is 0 Å². The van der Waals surface area contributed by atoms with Gasteiger partial charge < -0.3 is 15.5 Å². The quantitative estimate of drug-likeness (QED) is 0.640. The maximum Gasteiger partial charge on any atom is 0.170 e. The first-order chi connectivity index (χ1) is 10.5. The number of nitrogens with one attached hydrogen (secondary N) is 2. The number of hydrogen-bond donors (Lipinski definition) is 2. The standard InChI is InChI=1S/C18H29N3S/c1-14-5-7-17(8-6-14)20-18(22)19-9-4-10-21-12-15(2)11-16(3)13-21/h5-8,15-16H,4,9-13H2,1-3H3,(H2,19,20,22)/t15-,16+. The third kappa shape index (κ3) is 5.93. The van der Waals surface area contributed by atoms with Crippen molar-refractivity contribution in [1.82, 2.24) is 10.2 Å². The fraction of sp³-hybridized carbons (Fsp3) is 0.611. The van der Waals surface area contributed by atoms with Crippen LogP contribution in [0.25, 0.3) is 0 Å². The number of rotatable bonds is 5. The van der Waals surface area contributed by atoms with Crippen molar-refractivity contribution in [2.45, 2.75) is 33.6 Å². The van der Waals surface area contributed by atoms with Crippen molar-refractivity contribution in [3.8, 4) is 0 Å². The Labute approximate surface area is 140 Å². The molecule has 2 N–H and O–H groups in total. The summed E-state index contributed by atoms with van der Waals surface area (Å²) in [6, 6.07) is 8.28. The molecule has 22 heavy (non-hydrogen) atoms. The fourth-order valence-electron chi connectivity index (χ4n) is 3.29. The fourth-order valence-corrected chi connectivity index (χ4v) is 3.51. The highest BCUT2D eigenvalue weighted by Gasteiger charge is 2.20. The largest absolute Gasteiger partial charge is 0.362 e. The van der Waals surface area contributed by atoms with Gasteiger partial charge in [-0.25, -0.2) is 0 Å². The lowest BCUT2D eigenvalue weighted by Gasteiger charge is -2.34. The van der Waals surface area contributed by atoms with E-state index in [9.17, 15) is 0 Å². The summed E-state index contributed by atoms with van der Waals surface area (Å²) >= 11 is 5.34. The van der Waals surface area contributed by atoms with E-state index in [-0.39, 0.29) is 0 Å². The van der Waals surface area contributed by atoms with Crippen molar-refractivity contribution in [3.63, 3.8) is 0 Å². The molecule has 122 valence electrons. The van der Waals surface area contributed by atoms with Gasteiger partial charge in [-0.3, -0.25) is 0 Å². The zero-order valence-corrected chi connectivity index (χ0v) is 14.9. The van der Waals surface area contributed by atoms with Gasteiger partial charge in [-0.15, -0.1) is 0 Å². The van der Waals surface area contributed by atoms with Crippen LogP contribution >= 0.6 is 12.2 Å². The van der Waals surface area contributed by atoms with E-state index >= 15 is 0 Å². The van der Waals surface area contributed by atoms with Gasteiger partial charge in [0.25, 0.3) is 0 Å². The number of nitrogens with zero attached hydrogens (tertiary/aromatic N) is 1. The predicted molar refractivity (Wildman–Crippen MR) is 99.4 cm³/mol. The molecule has 0 aromatic heterocycles. The second kappa shape index (κ2) is 8.49. The topological polar surface area (TPSA) is 27.3 Å². The summed E-state index contributed by atoms with van der Waals surface area (Å²) in [5, 5.41) is 7.24. The summed E-state index contributed by atoms with van der Waals surface area (Å²) in [5.41, 5.74) is 2.30.